The minimum absolute atomic E-state index is 0.0606. The van der Waals surface area contributed by atoms with Gasteiger partial charge in [0, 0.05) is 13.1 Å². The molecule has 0 atom stereocenters. The number of aromatic nitrogens is 1. The van der Waals surface area contributed by atoms with Gasteiger partial charge in [0.15, 0.2) is 5.69 Å². The van der Waals surface area contributed by atoms with Gasteiger partial charge in [0.1, 0.15) is 5.82 Å². The summed E-state index contributed by atoms with van der Waals surface area (Å²) in [6.45, 7) is 5.99. The Bertz CT molecular complexity index is 416. The molecule has 0 saturated heterocycles. The summed E-state index contributed by atoms with van der Waals surface area (Å²) >= 11 is 0. The van der Waals surface area contributed by atoms with Crippen LogP contribution in [-0.4, -0.2) is 48.1 Å². The second-order valence-electron chi connectivity index (χ2n) is 5.47. The third kappa shape index (κ3) is 4.71. The number of nitrogens with one attached hydrogen (secondary N) is 1. The van der Waals surface area contributed by atoms with E-state index in [1.807, 2.05) is 14.1 Å². The van der Waals surface area contributed by atoms with Crippen LogP contribution < -0.4 is 5.32 Å². The fraction of sp³-hybridized carbons (Fsp3) is 0.538. The Balaban J connectivity index is 2.63. The van der Waals surface area contributed by atoms with Gasteiger partial charge in [-0.05, 0) is 31.6 Å². The van der Waals surface area contributed by atoms with E-state index in [1.165, 1.54) is 6.07 Å². The fourth-order valence-corrected chi connectivity index (χ4v) is 1.89. The van der Waals surface area contributed by atoms with Crippen molar-refractivity contribution in [1.82, 2.24) is 9.88 Å². The van der Waals surface area contributed by atoms with Crippen molar-refractivity contribution in [2.45, 2.75) is 13.8 Å². The van der Waals surface area contributed by atoms with E-state index >= 15 is 0 Å². The third-order valence-corrected chi connectivity index (χ3v) is 2.46. The van der Waals surface area contributed by atoms with Crippen LogP contribution in [0.4, 0.5) is 5.82 Å². The highest BCUT2D eigenvalue weighted by Gasteiger charge is 2.18. The van der Waals surface area contributed by atoms with Gasteiger partial charge in [-0.25, -0.2) is 9.78 Å². The maximum atomic E-state index is 10.8. The average Bonchev–Trinajstić information content (AvgIpc) is 2.25. The summed E-state index contributed by atoms with van der Waals surface area (Å²) in [7, 11) is 4.07. The van der Waals surface area contributed by atoms with Crippen molar-refractivity contribution in [2.24, 2.45) is 5.41 Å². The Labute approximate surface area is 108 Å². The lowest BCUT2D eigenvalue weighted by Gasteiger charge is -2.28. The highest BCUT2D eigenvalue weighted by Crippen LogP contribution is 2.17. The van der Waals surface area contributed by atoms with E-state index in [2.05, 4.69) is 29.0 Å². The fourth-order valence-electron chi connectivity index (χ4n) is 1.89. The van der Waals surface area contributed by atoms with Crippen LogP contribution in [0, 0.1) is 5.41 Å². The summed E-state index contributed by atoms with van der Waals surface area (Å²) < 4.78 is 0. The van der Waals surface area contributed by atoms with E-state index in [0.29, 0.717) is 5.82 Å². The monoisotopic (exact) mass is 251 g/mol. The summed E-state index contributed by atoms with van der Waals surface area (Å²) in [6.07, 6.45) is 0. The standard InChI is InChI=1S/C13H21N3O2/c1-13(2,9-16(3)4)8-14-11-7-5-6-10(15-11)12(17)18/h5-7H,8-9H2,1-4H3,(H,14,15)(H,17,18). The molecule has 100 valence electrons. The minimum atomic E-state index is -1.01. The van der Waals surface area contributed by atoms with Gasteiger partial charge in [0.05, 0.1) is 0 Å². The van der Waals surface area contributed by atoms with Crippen molar-refractivity contribution < 1.29 is 9.90 Å². The van der Waals surface area contributed by atoms with E-state index < -0.39 is 5.97 Å². The average molecular weight is 251 g/mol. The summed E-state index contributed by atoms with van der Waals surface area (Å²) in [6, 6.07) is 4.95. The van der Waals surface area contributed by atoms with Gasteiger partial charge in [-0.15, -0.1) is 0 Å². The van der Waals surface area contributed by atoms with Crippen LogP contribution in [0.25, 0.3) is 0 Å². The number of carboxylic acids is 1. The van der Waals surface area contributed by atoms with Crippen molar-refractivity contribution in [3.63, 3.8) is 0 Å². The number of aromatic carboxylic acids is 1. The number of carboxylic acid groups (broad SMARTS) is 1. The van der Waals surface area contributed by atoms with Crippen molar-refractivity contribution >= 4 is 11.8 Å². The maximum absolute atomic E-state index is 10.8. The zero-order valence-corrected chi connectivity index (χ0v) is 11.4. The van der Waals surface area contributed by atoms with Crippen LogP contribution in [0.5, 0.6) is 0 Å². The molecule has 0 aliphatic rings. The lowest BCUT2D eigenvalue weighted by atomic mass is 9.93. The molecule has 0 aromatic carbocycles. The maximum Gasteiger partial charge on any atom is 0.354 e. The summed E-state index contributed by atoms with van der Waals surface area (Å²) in [5.41, 5.74) is 0.148. The normalized spacial score (nSPS) is 11.6. The number of carbonyl (C=O) groups is 1. The number of hydrogen-bond acceptors (Lipinski definition) is 4. The smallest absolute Gasteiger partial charge is 0.354 e. The Kier molecular flexibility index (Phi) is 4.67. The SMILES string of the molecule is CN(C)CC(C)(C)CNc1cccc(C(=O)O)n1. The van der Waals surface area contributed by atoms with Gasteiger partial charge < -0.3 is 15.3 Å². The lowest BCUT2D eigenvalue weighted by Crippen LogP contribution is -2.34. The van der Waals surface area contributed by atoms with E-state index in [1.54, 1.807) is 12.1 Å². The molecule has 1 heterocycles. The highest BCUT2D eigenvalue weighted by atomic mass is 16.4. The van der Waals surface area contributed by atoms with Crippen molar-refractivity contribution in [1.29, 1.82) is 0 Å². The molecule has 18 heavy (non-hydrogen) atoms. The molecule has 0 aliphatic heterocycles. The first-order valence-electron chi connectivity index (χ1n) is 5.89. The topological polar surface area (TPSA) is 65.5 Å². The summed E-state index contributed by atoms with van der Waals surface area (Å²) in [5, 5.41) is 12.0. The Morgan fingerprint density at radius 1 is 1.44 bits per heavy atom. The van der Waals surface area contributed by atoms with Crippen molar-refractivity contribution in [3.05, 3.63) is 23.9 Å². The summed E-state index contributed by atoms with van der Waals surface area (Å²) in [4.78, 5) is 17.0. The van der Waals surface area contributed by atoms with Crippen LogP contribution >= 0.6 is 0 Å². The molecule has 0 radical (unpaired) electrons. The molecule has 0 amide bonds. The summed E-state index contributed by atoms with van der Waals surface area (Å²) in [5.74, 6) is -0.409. The molecule has 0 aliphatic carbocycles. The molecule has 0 unspecified atom stereocenters. The van der Waals surface area contributed by atoms with Gasteiger partial charge in [-0.2, -0.15) is 0 Å². The van der Waals surface area contributed by atoms with Crippen LogP contribution in [0.15, 0.2) is 18.2 Å². The molecule has 0 spiro atoms. The molecule has 0 saturated carbocycles. The van der Waals surface area contributed by atoms with Crippen LogP contribution in [0.2, 0.25) is 0 Å². The van der Waals surface area contributed by atoms with E-state index in [0.717, 1.165) is 13.1 Å². The molecule has 5 nitrogen and oxygen atoms in total. The lowest BCUT2D eigenvalue weighted by molar-refractivity contribution is 0.0690. The second kappa shape index (κ2) is 5.82. The number of rotatable bonds is 6. The molecule has 2 N–H and O–H groups in total. The van der Waals surface area contributed by atoms with Gasteiger partial charge in [0.2, 0.25) is 0 Å². The largest absolute Gasteiger partial charge is 0.477 e. The Morgan fingerprint density at radius 2 is 2.11 bits per heavy atom. The zero-order chi connectivity index (χ0) is 13.8. The number of hydrogen-bond donors (Lipinski definition) is 2. The molecule has 1 aromatic rings. The van der Waals surface area contributed by atoms with Crippen molar-refractivity contribution in [3.8, 4) is 0 Å². The van der Waals surface area contributed by atoms with Crippen molar-refractivity contribution in [2.75, 3.05) is 32.5 Å². The van der Waals surface area contributed by atoms with E-state index in [9.17, 15) is 4.79 Å². The highest BCUT2D eigenvalue weighted by molar-refractivity contribution is 5.85. The predicted octanol–water partition coefficient (Wildman–Crippen LogP) is 1.78. The van der Waals surface area contributed by atoms with Crippen LogP contribution in [0.1, 0.15) is 24.3 Å². The van der Waals surface area contributed by atoms with Gasteiger partial charge in [-0.1, -0.05) is 19.9 Å². The van der Waals surface area contributed by atoms with E-state index in [-0.39, 0.29) is 11.1 Å². The van der Waals surface area contributed by atoms with Gasteiger partial charge in [0.25, 0.3) is 0 Å². The van der Waals surface area contributed by atoms with Gasteiger partial charge in [-0.3, -0.25) is 0 Å². The molecule has 0 bridgehead atoms. The number of pyridine rings is 1. The Hall–Kier alpha value is -1.62. The molecule has 5 heteroatoms. The number of anilines is 1. The minimum Gasteiger partial charge on any atom is -0.477 e. The quantitative estimate of drug-likeness (QED) is 0.806. The molecule has 1 rings (SSSR count). The third-order valence-electron chi connectivity index (χ3n) is 2.46. The van der Waals surface area contributed by atoms with E-state index in [4.69, 9.17) is 5.11 Å². The predicted molar refractivity (Wildman–Crippen MR) is 72.0 cm³/mol. The number of nitrogens with zero attached hydrogens (tertiary/aromatic N) is 2. The first-order chi connectivity index (χ1) is 8.30. The first kappa shape index (κ1) is 14.4. The molecule has 0 fully saturated rings. The molecule has 1 aromatic heterocycles. The molecular weight excluding hydrogens is 230 g/mol. The Morgan fingerprint density at radius 3 is 2.67 bits per heavy atom. The van der Waals surface area contributed by atoms with Gasteiger partial charge >= 0.3 is 5.97 Å². The van der Waals surface area contributed by atoms with Crippen LogP contribution in [-0.2, 0) is 0 Å². The zero-order valence-electron chi connectivity index (χ0n) is 11.4. The first-order valence-corrected chi connectivity index (χ1v) is 5.89. The molecular formula is C13H21N3O2. The van der Waals surface area contributed by atoms with Crippen LogP contribution in [0.3, 0.4) is 0 Å². The second-order valence-corrected chi connectivity index (χ2v) is 5.47.